The van der Waals surface area contributed by atoms with Crippen molar-refractivity contribution >= 4 is 37.2 Å². The normalized spacial score (nSPS) is 7.50. The molecular formula is C3H13Cl3F2O2. The molecule has 0 radical (unpaired) electrons. The lowest BCUT2D eigenvalue weighted by atomic mass is 10.5. The Morgan fingerprint density at radius 3 is 1.20 bits per heavy atom. The summed E-state index contributed by atoms with van der Waals surface area (Å²) in [6.07, 6.45) is -0.560. The quantitative estimate of drug-likeness (QED) is 0.697. The fourth-order valence-corrected chi connectivity index (χ4v) is 0. The molecule has 0 heterocycles. The van der Waals surface area contributed by atoms with E-state index in [9.17, 15) is 0 Å². The van der Waals surface area contributed by atoms with E-state index in [0.29, 0.717) is 0 Å². The second kappa shape index (κ2) is 33.4. The molecule has 2 nitrogen and oxygen atoms in total. The van der Waals surface area contributed by atoms with E-state index in [0.717, 1.165) is 0 Å². The number of halogens is 5. The predicted molar refractivity (Wildman–Crippen MR) is 45.5 cm³/mol. The third-order valence-corrected chi connectivity index (χ3v) is 0.264. The molecule has 0 spiro atoms. The minimum atomic E-state index is -0.560. The van der Waals surface area contributed by atoms with Crippen LogP contribution in [-0.4, -0.2) is 22.9 Å². The van der Waals surface area contributed by atoms with E-state index in [4.69, 9.17) is 10.2 Å². The summed E-state index contributed by atoms with van der Waals surface area (Å²) in [6.45, 7) is 1.39. The van der Waals surface area contributed by atoms with Crippen LogP contribution in [0.4, 0.5) is 9.41 Å². The van der Waals surface area contributed by atoms with Gasteiger partial charge in [0, 0.05) is 0 Å². The molecule has 10 heavy (non-hydrogen) atoms. The Kier molecular flexibility index (Phi) is 153. The third kappa shape index (κ3) is 72.1. The van der Waals surface area contributed by atoms with Crippen LogP contribution in [0.25, 0.3) is 0 Å². The van der Waals surface area contributed by atoms with E-state index < -0.39 is 6.10 Å². The summed E-state index contributed by atoms with van der Waals surface area (Å²) < 4.78 is 0. The first-order chi connectivity index (χ1) is 2.27. The van der Waals surface area contributed by atoms with Crippen molar-refractivity contribution in [3.05, 3.63) is 0 Å². The van der Waals surface area contributed by atoms with Crippen molar-refractivity contribution in [2.24, 2.45) is 0 Å². The van der Waals surface area contributed by atoms with Crippen LogP contribution in [0.2, 0.25) is 0 Å². The summed E-state index contributed by atoms with van der Waals surface area (Å²) in [4.78, 5) is 0. The molecule has 7 heteroatoms. The number of aliphatic hydroxyl groups is 2. The van der Waals surface area contributed by atoms with Gasteiger partial charge in [-0.3, -0.25) is 9.41 Å². The minimum absolute atomic E-state index is 0. The molecule has 0 aliphatic heterocycles. The smallest absolute Gasteiger partial charge is 0.0742 e. The Hall–Kier alpha value is 0.650. The number of aliphatic hydroxyl groups excluding tert-OH is 2. The van der Waals surface area contributed by atoms with Crippen LogP contribution in [-0.2, 0) is 0 Å². The van der Waals surface area contributed by atoms with Gasteiger partial charge < -0.3 is 10.2 Å². The van der Waals surface area contributed by atoms with Gasteiger partial charge in [0.1, 0.15) is 0 Å². The highest BCUT2D eigenvalue weighted by molar-refractivity contribution is 5.86. The maximum absolute atomic E-state index is 8.11. The predicted octanol–water partition coefficient (Wildman–Crippen LogP) is 0.930. The molecule has 0 aliphatic carbocycles. The van der Waals surface area contributed by atoms with Gasteiger partial charge in [0.25, 0.3) is 0 Å². The lowest BCUT2D eigenvalue weighted by molar-refractivity contribution is 0.110. The first-order valence-corrected chi connectivity index (χ1v) is 1.56. The summed E-state index contributed by atoms with van der Waals surface area (Å²) in [6, 6.07) is 0. The van der Waals surface area contributed by atoms with Gasteiger partial charge in [0.2, 0.25) is 0 Å². The van der Waals surface area contributed by atoms with E-state index in [1.54, 1.807) is 0 Å². The zero-order valence-corrected chi connectivity index (χ0v) is 7.67. The van der Waals surface area contributed by atoms with Gasteiger partial charge >= 0.3 is 0 Å². The van der Waals surface area contributed by atoms with Crippen LogP contribution >= 0.6 is 37.2 Å². The molecule has 1 atom stereocenters. The third-order valence-electron chi connectivity index (χ3n) is 0.264. The topological polar surface area (TPSA) is 40.5 Å². The highest BCUT2D eigenvalue weighted by atomic mass is 35.5. The molecule has 2 N–H and O–H groups in total. The Labute approximate surface area is 77.0 Å². The fourth-order valence-electron chi connectivity index (χ4n) is 0. The van der Waals surface area contributed by atoms with Crippen LogP contribution < -0.4 is 0 Å². The highest BCUT2D eigenvalue weighted by Gasteiger charge is 1.83. The fraction of sp³-hybridized carbons (Fsp3) is 1.00. The molecule has 1 unspecified atom stereocenters. The van der Waals surface area contributed by atoms with E-state index >= 15 is 0 Å². The summed E-state index contributed by atoms with van der Waals surface area (Å²) in [7, 11) is 0. The first kappa shape index (κ1) is 45.9. The zero-order valence-electron chi connectivity index (χ0n) is 5.22. The van der Waals surface area contributed by atoms with E-state index in [1.165, 1.54) is 6.92 Å². The second-order valence-corrected chi connectivity index (χ2v) is 1.03. The maximum Gasteiger partial charge on any atom is 0.0742 e. The average Bonchev–Trinajstić information content (AvgIpc) is 1.38. The van der Waals surface area contributed by atoms with Gasteiger partial charge in [-0.05, 0) is 6.92 Å². The standard InChI is InChI=1S/C3H8O2.3ClH.2FH/c1-3(5)2-4;;;;;/h3-5H,2H2,1H3;5*1H. The van der Waals surface area contributed by atoms with Crippen LogP contribution in [0.3, 0.4) is 0 Å². The van der Waals surface area contributed by atoms with E-state index in [1.807, 2.05) is 0 Å². The van der Waals surface area contributed by atoms with Crippen molar-refractivity contribution in [1.82, 2.24) is 0 Å². The van der Waals surface area contributed by atoms with Crippen molar-refractivity contribution in [3.8, 4) is 0 Å². The minimum Gasteiger partial charge on any atom is -0.394 e. The van der Waals surface area contributed by atoms with Crippen LogP contribution in [0, 0.1) is 0 Å². The molecule has 0 fully saturated rings. The van der Waals surface area contributed by atoms with E-state index in [-0.39, 0.29) is 53.2 Å². The molecule has 0 bridgehead atoms. The summed E-state index contributed by atoms with van der Waals surface area (Å²) in [5.41, 5.74) is 0. The van der Waals surface area contributed by atoms with Gasteiger partial charge in [0.05, 0.1) is 12.7 Å². The maximum atomic E-state index is 8.11. The molecule has 0 aliphatic rings. The molecule has 0 rings (SSSR count). The molecule has 0 saturated carbocycles. The van der Waals surface area contributed by atoms with Crippen LogP contribution in [0.5, 0.6) is 0 Å². The highest BCUT2D eigenvalue weighted by Crippen LogP contribution is 1.68. The summed E-state index contributed by atoms with van der Waals surface area (Å²) in [5.74, 6) is 0. The molecule has 0 amide bonds. The first-order valence-electron chi connectivity index (χ1n) is 1.56. The Morgan fingerprint density at radius 1 is 1.10 bits per heavy atom. The zero-order chi connectivity index (χ0) is 4.28. The number of hydrogen-bond acceptors (Lipinski definition) is 2. The Morgan fingerprint density at radius 2 is 1.20 bits per heavy atom. The SMILES string of the molecule is CC(O)CO.Cl.Cl.Cl.F.F. The second-order valence-electron chi connectivity index (χ2n) is 1.03. The Balaban J connectivity index is -0.00000000800. The van der Waals surface area contributed by atoms with Crippen molar-refractivity contribution < 1.29 is 19.6 Å². The summed E-state index contributed by atoms with van der Waals surface area (Å²) in [5, 5.41) is 16.0. The summed E-state index contributed by atoms with van der Waals surface area (Å²) >= 11 is 0. The molecule has 0 aromatic rings. The van der Waals surface area contributed by atoms with Gasteiger partial charge in [-0.1, -0.05) is 0 Å². The van der Waals surface area contributed by atoms with Gasteiger partial charge in [-0.25, -0.2) is 0 Å². The lowest BCUT2D eigenvalue weighted by Gasteiger charge is -1.90. The van der Waals surface area contributed by atoms with Crippen molar-refractivity contribution in [3.63, 3.8) is 0 Å². The molecule has 72 valence electrons. The van der Waals surface area contributed by atoms with Crippen molar-refractivity contribution in [2.75, 3.05) is 6.61 Å². The largest absolute Gasteiger partial charge is 0.394 e. The lowest BCUT2D eigenvalue weighted by Crippen LogP contribution is -2.03. The number of hydrogen-bond donors (Lipinski definition) is 2. The monoisotopic (exact) mass is 224 g/mol. The average molecular weight is 225 g/mol. The Bertz CT molecular complexity index is 33.7. The van der Waals surface area contributed by atoms with Crippen LogP contribution in [0.1, 0.15) is 6.92 Å². The van der Waals surface area contributed by atoms with Crippen molar-refractivity contribution in [2.45, 2.75) is 13.0 Å². The van der Waals surface area contributed by atoms with Gasteiger partial charge in [0.15, 0.2) is 0 Å². The van der Waals surface area contributed by atoms with E-state index in [2.05, 4.69) is 0 Å². The molecule has 0 aromatic carbocycles. The van der Waals surface area contributed by atoms with Crippen LogP contribution in [0.15, 0.2) is 0 Å². The molecule has 0 saturated heterocycles. The molecule has 0 aromatic heterocycles. The van der Waals surface area contributed by atoms with Gasteiger partial charge in [-0.2, -0.15) is 0 Å². The number of rotatable bonds is 1. The molecular weight excluding hydrogens is 212 g/mol. The van der Waals surface area contributed by atoms with Gasteiger partial charge in [-0.15, -0.1) is 37.2 Å². The van der Waals surface area contributed by atoms with Crippen molar-refractivity contribution in [1.29, 1.82) is 0 Å².